The Labute approximate surface area is 125 Å². The zero-order valence-corrected chi connectivity index (χ0v) is 12.7. The van der Waals surface area contributed by atoms with Crippen molar-refractivity contribution in [2.24, 2.45) is 0 Å². The number of hydrogen-bond donors (Lipinski definition) is 2. The lowest BCUT2D eigenvalue weighted by Gasteiger charge is -2.28. The number of hydrogen-bond acceptors (Lipinski definition) is 2. The van der Waals surface area contributed by atoms with Gasteiger partial charge in [-0.25, -0.2) is 9.18 Å². The molecule has 1 aliphatic carbocycles. The van der Waals surface area contributed by atoms with Crippen molar-refractivity contribution in [1.82, 2.24) is 10.2 Å². The highest BCUT2D eigenvalue weighted by molar-refractivity contribution is 5.75. The SMILES string of the molecule is CC(O)CN(C(=O)NC1CC1c1ccccc1F)C(C)C. The molecule has 3 unspecified atom stereocenters. The van der Waals surface area contributed by atoms with Crippen LogP contribution in [-0.2, 0) is 0 Å². The van der Waals surface area contributed by atoms with Gasteiger partial charge in [0, 0.05) is 24.5 Å². The third kappa shape index (κ3) is 3.94. The molecular formula is C16H23FN2O2. The highest BCUT2D eigenvalue weighted by atomic mass is 19.1. The topological polar surface area (TPSA) is 52.6 Å². The molecule has 5 heteroatoms. The third-order valence-electron chi connectivity index (χ3n) is 3.75. The van der Waals surface area contributed by atoms with E-state index in [1.54, 1.807) is 24.0 Å². The minimum Gasteiger partial charge on any atom is -0.392 e. The summed E-state index contributed by atoms with van der Waals surface area (Å²) in [5.74, 6) is -0.167. The van der Waals surface area contributed by atoms with Gasteiger partial charge in [0.15, 0.2) is 0 Å². The van der Waals surface area contributed by atoms with E-state index in [1.807, 2.05) is 19.9 Å². The van der Waals surface area contributed by atoms with Gasteiger partial charge in [0.2, 0.25) is 0 Å². The van der Waals surface area contributed by atoms with Crippen LogP contribution in [0, 0.1) is 5.82 Å². The maximum atomic E-state index is 13.7. The fraction of sp³-hybridized carbons (Fsp3) is 0.562. The molecule has 4 nitrogen and oxygen atoms in total. The molecule has 1 aromatic rings. The lowest BCUT2D eigenvalue weighted by molar-refractivity contribution is 0.118. The summed E-state index contributed by atoms with van der Waals surface area (Å²) in [6.07, 6.45) is 0.188. The second-order valence-corrected chi connectivity index (χ2v) is 6.01. The van der Waals surface area contributed by atoms with E-state index in [9.17, 15) is 14.3 Å². The number of rotatable bonds is 5. The lowest BCUT2D eigenvalue weighted by atomic mass is 10.1. The molecule has 0 radical (unpaired) electrons. The van der Waals surface area contributed by atoms with Crippen LogP contribution < -0.4 is 5.32 Å². The minimum absolute atomic E-state index is 0.00487. The van der Waals surface area contributed by atoms with Crippen molar-refractivity contribution >= 4 is 6.03 Å². The Bertz CT molecular complexity index is 505. The Morgan fingerprint density at radius 3 is 2.67 bits per heavy atom. The Hall–Kier alpha value is -1.62. The average molecular weight is 294 g/mol. The molecule has 0 aliphatic heterocycles. The predicted molar refractivity (Wildman–Crippen MR) is 79.6 cm³/mol. The Kier molecular flexibility index (Phi) is 4.83. The first kappa shape index (κ1) is 15.8. The van der Waals surface area contributed by atoms with Crippen LogP contribution in [0.25, 0.3) is 0 Å². The third-order valence-corrected chi connectivity index (χ3v) is 3.75. The van der Waals surface area contributed by atoms with Crippen LogP contribution in [0.5, 0.6) is 0 Å². The minimum atomic E-state index is -0.570. The van der Waals surface area contributed by atoms with Crippen molar-refractivity contribution in [2.75, 3.05) is 6.54 Å². The molecule has 2 amide bonds. The van der Waals surface area contributed by atoms with E-state index >= 15 is 0 Å². The van der Waals surface area contributed by atoms with Crippen LogP contribution >= 0.6 is 0 Å². The number of carbonyl (C=O) groups is 1. The van der Waals surface area contributed by atoms with E-state index in [2.05, 4.69) is 5.32 Å². The van der Waals surface area contributed by atoms with Gasteiger partial charge >= 0.3 is 6.03 Å². The number of halogens is 1. The highest BCUT2D eigenvalue weighted by Gasteiger charge is 2.41. The standard InChI is InChI=1S/C16H23FN2O2/c1-10(2)19(9-11(3)20)16(21)18-15-8-13(15)12-6-4-5-7-14(12)17/h4-7,10-11,13,15,20H,8-9H2,1-3H3,(H,18,21). The van der Waals surface area contributed by atoms with Gasteiger partial charge in [-0.05, 0) is 38.8 Å². The summed E-state index contributed by atoms with van der Waals surface area (Å²) in [7, 11) is 0. The molecule has 0 spiro atoms. The molecule has 3 atom stereocenters. The highest BCUT2D eigenvalue weighted by Crippen LogP contribution is 2.41. The molecule has 116 valence electrons. The fourth-order valence-corrected chi connectivity index (χ4v) is 2.53. The maximum absolute atomic E-state index is 13.7. The first-order valence-corrected chi connectivity index (χ1v) is 7.39. The molecule has 1 saturated carbocycles. The van der Waals surface area contributed by atoms with Gasteiger partial charge in [-0.1, -0.05) is 18.2 Å². The number of amides is 2. The van der Waals surface area contributed by atoms with Crippen LogP contribution in [0.3, 0.4) is 0 Å². The first-order valence-electron chi connectivity index (χ1n) is 7.39. The van der Waals surface area contributed by atoms with Crippen LogP contribution in [0.15, 0.2) is 24.3 Å². The quantitative estimate of drug-likeness (QED) is 0.876. The van der Waals surface area contributed by atoms with Crippen LogP contribution in [0.1, 0.15) is 38.7 Å². The number of aliphatic hydroxyl groups is 1. The molecule has 0 heterocycles. The molecular weight excluding hydrogens is 271 g/mol. The zero-order chi connectivity index (χ0) is 15.6. The molecule has 2 rings (SSSR count). The van der Waals surface area contributed by atoms with E-state index in [1.165, 1.54) is 6.07 Å². The monoisotopic (exact) mass is 294 g/mol. The van der Waals surface area contributed by atoms with Gasteiger partial charge < -0.3 is 15.3 Å². The number of aliphatic hydroxyl groups excluding tert-OH is 1. The number of benzene rings is 1. The molecule has 0 aromatic heterocycles. The fourth-order valence-electron chi connectivity index (χ4n) is 2.53. The molecule has 21 heavy (non-hydrogen) atoms. The predicted octanol–water partition coefficient (Wildman–Crippen LogP) is 2.48. The van der Waals surface area contributed by atoms with Gasteiger partial charge in [-0.2, -0.15) is 0 Å². The smallest absolute Gasteiger partial charge is 0.317 e. The lowest BCUT2D eigenvalue weighted by Crippen LogP contribution is -2.47. The molecule has 1 aromatic carbocycles. The largest absolute Gasteiger partial charge is 0.392 e. The van der Waals surface area contributed by atoms with Crippen LogP contribution in [-0.4, -0.2) is 40.8 Å². The van der Waals surface area contributed by atoms with Gasteiger partial charge in [0.05, 0.1) is 6.10 Å². The summed E-state index contributed by atoms with van der Waals surface area (Å²) >= 11 is 0. The summed E-state index contributed by atoms with van der Waals surface area (Å²) in [6, 6.07) is 6.47. The molecule has 1 aliphatic rings. The van der Waals surface area contributed by atoms with E-state index in [0.717, 1.165) is 6.42 Å². The molecule has 1 fully saturated rings. The summed E-state index contributed by atoms with van der Waals surface area (Å²) in [5.41, 5.74) is 0.662. The number of nitrogens with one attached hydrogen (secondary N) is 1. The zero-order valence-electron chi connectivity index (χ0n) is 12.7. The molecule has 0 bridgehead atoms. The summed E-state index contributed by atoms with van der Waals surface area (Å²) in [4.78, 5) is 13.8. The number of carbonyl (C=O) groups excluding carboxylic acids is 1. The first-order chi connectivity index (χ1) is 9.90. The summed E-state index contributed by atoms with van der Waals surface area (Å²) < 4.78 is 13.7. The number of urea groups is 1. The van der Waals surface area contributed by atoms with Crippen molar-refractivity contribution in [3.63, 3.8) is 0 Å². The van der Waals surface area contributed by atoms with Gasteiger partial charge in [-0.15, -0.1) is 0 Å². The van der Waals surface area contributed by atoms with E-state index in [4.69, 9.17) is 0 Å². The normalized spacial score (nSPS) is 22.0. The second kappa shape index (κ2) is 6.43. The summed E-state index contributed by atoms with van der Waals surface area (Å²) in [5, 5.41) is 12.4. The molecule has 0 saturated heterocycles. The van der Waals surface area contributed by atoms with Gasteiger partial charge in [0.1, 0.15) is 5.82 Å². The Morgan fingerprint density at radius 2 is 2.10 bits per heavy atom. The van der Waals surface area contributed by atoms with Crippen molar-refractivity contribution in [2.45, 2.75) is 51.3 Å². The van der Waals surface area contributed by atoms with Gasteiger partial charge in [-0.3, -0.25) is 0 Å². The van der Waals surface area contributed by atoms with Crippen LogP contribution in [0.2, 0.25) is 0 Å². The van der Waals surface area contributed by atoms with E-state index in [-0.39, 0.29) is 29.8 Å². The Balaban J connectivity index is 1.94. The number of nitrogens with zero attached hydrogens (tertiary/aromatic N) is 1. The van der Waals surface area contributed by atoms with Crippen molar-refractivity contribution in [1.29, 1.82) is 0 Å². The second-order valence-electron chi connectivity index (χ2n) is 6.01. The van der Waals surface area contributed by atoms with Crippen molar-refractivity contribution < 1.29 is 14.3 Å². The van der Waals surface area contributed by atoms with Crippen molar-refractivity contribution in [3.8, 4) is 0 Å². The average Bonchev–Trinajstić information content (AvgIpc) is 3.14. The molecule has 2 N–H and O–H groups in total. The van der Waals surface area contributed by atoms with E-state index < -0.39 is 6.10 Å². The van der Waals surface area contributed by atoms with Crippen LogP contribution in [0.4, 0.5) is 9.18 Å². The van der Waals surface area contributed by atoms with E-state index in [0.29, 0.717) is 12.1 Å². The summed E-state index contributed by atoms with van der Waals surface area (Å²) in [6.45, 7) is 5.76. The van der Waals surface area contributed by atoms with Gasteiger partial charge in [0.25, 0.3) is 0 Å². The van der Waals surface area contributed by atoms with Crippen molar-refractivity contribution in [3.05, 3.63) is 35.6 Å². The Morgan fingerprint density at radius 1 is 1.43 bits per heavy atom. The maximum Gasteiger partial charge on any atom is 0.317 e.